The second kappa shape index (κ2) is 4.77. The first-order valence-corrected chi connectivity index (χ1v) is 6.55. The molecule has 1 nitrogen and oxygen atoms in total. The molecule has 14 heavy (non-hydrogen) atoms. The topological polar surface area (TPSA) is 26.0 Å². The first kappa shape index (κ1) is 12.2. The highest BCUT2D eigenvalue weighted by molar-refractivity contribution is 9.10. The molecule has 3 heteroatoms. The van der Waals surface area contributed by atoms with Gasteiger partial charge in [0.2, 0.25) is 0 Å². The molecule has 1 aromatic heterocycles. The fourth-order valence-electron chi connectivity index (χ4n) is 1.32. The molecule has 0 saturated heterocycles. The van der Waals surface area contributed by atoms with Gasteiger partial charge in [-0.1, -0.05) is 20.8 Å². The monoisotopic (exact) mass is 275 g/mol. The Morgan fingerprint density at radius 3 is 2.29 bits per heavy atom. The van der Waals surface area contributed by atoms with Crippen molar-refractivity contribution in [2.24, 2.45) is 17.6 Å². The molecule has 2 N–H and O–H groups in total. The summed E-state index contributed by atoms with van der Waals surface area (Å²) in [5, 5.41) is 0. The maximum Gasteiger partial charge on any atom is 0.0418 e. The standard InChI is InChI=1S/C11H18BrNS/c1-6(2)7(3)11(13)10-5-9(12)8(4)14-10/h5-7,11H,13H2,1-4H3. The van der Waals surface area contributed by atoms with E-state index in [2.05, 4.69) is 49.7 Å². The molecule has 0 saturated carbocycles. The molecular formula is C11H18BrNS. The van der Waals surface area contributed by atoms with Gasteiger partial charge < -0.3 is 5.73 Å². The molecule has 2 unspecified atom stereocenters. The minimum absolute atomic E-state index is 0.171. The Bertz CT molecular complexity index is 287. The average Bonchev–Trinajstić information content (AvgIpc) is 2.44. The number of aryl methyl sites for hydroxylation is 1. The molecule has 0 bridgehead atoms. The van der Waals surface area contributed by atoms with Crippen LogP contribution in [0.4, 0.5) is 0 Å². The molecule has 80 valence electrons. The van der Waals surface area contributed by atoms with Crippen LogP contribution in [-0.4, -0.2) is 0 Å². The van der Waals surface area contributed by atoms with Crippen LogP contribution in [0.1, 0.15) is 36.6 Å². The van der Waals surface area contributed by atoms with Gasteiger partial charge in [-0.2, -0.15) is 0 Å². The van der Waals surface area contributed by atoms with Gasteiger partial charge in [0.05, 0.1) is 0 Å². The Morgan fingerprint density at radius 2 is 1.93 bits per heavy atom. The van der Waals surface area contributed by atoms with Gasteiger partial charge in [0, 0.05) is 20.3 Å². The molecule has 0 radical (unpaired) electrons. The highest BCUT2D eigenvalue weighted by Gasteiger charge is 2.20. The van der Waals surface area contributed by atoms with Crippen LogP contribution in [0.25, 0.3) is 0 Å². The van der Waals surface area contributed by atoms with Gasteiger partial charge in [0.1, 0.15) is 0 Å². The maximum absolute atomic E-state index is 6.21. The summed E-state index contributed by atoms with van der Waals surface area (Å²) in [5.74, 6) is 1.16. The number of rotatable bonds is 3. The van der Waals surface area contributed by atoms with E-state index < -0.39 is 0 Å². The second-order valence-electron chi connectivity index (χ2n) is 4.18. The van der Waals surface area contributed by atoms with E-state index in [4.69, 9.17) is 5.73 Å². The number of thiophene rings is 1. The normalized spacial score (nSPS) is 15.9. The van der Waals surface area contributed by atoms with Crippen molar-refractivity contribution in [1.82, 2.24) is 0 Å². The van der Waals surface area contributed by atoms with Gasteiger partial charge in [0.15, 0.2) is 0 Å². The minimum atomic E-state index is 0.171. The molecule has 0 aliphatic carbocycles. The smallest absolute Gasteiger partial charge is 0.0418 e. The van der Waals surface area contributed by atoms with E-state index in [0.717, 1.165) is 0 Å². The van der Waals surface area contributed by atoms with Crippen LogP contribution < -0.4 is 5.73 Å². The van der Waals surface area contributed by atoms with E-state index in [9.17, 15) is 0 Å². The quantitative estimate of drug-likeness (QED) is 0.883. The molecular weight excluding hydrogens is 258 g/mol. The van der Waals surface area contributed by atoms with Crippen molar-refractivity contribution in [2.75, 3.05) is 0 Å². The van der Waals surface area contributed by atoms with Crippen LogP contribution in [0, 0.1) is 18.8 Å². The van der Waals surface area contributed by atoms with Crippen LogP contribution in [0.5, 0.6) is 0 Å². The summed E-state index contributed by atoms with van der Waals surface area (Å²) in [6.07, 6.45) is 0. The summed E-state index contributed by atoms with van der Waals surface area (Å²) in [5.41, 5.74) is 6.21. The fourth-order valence-corrected chi connectivity index (χ4v) is 3.00. The van der Waals surface area contributed by atoms with Crippen molar-refractivity contribution in [1.29, 1.82) is 0 Å². The lowest BCUT2D eigenvalue weighted by atomic mass is 9.90. The zero-order chi connectivity index (χ0) is 10.9. The van der Waals surface area contributed by atoms with E-state index in [0.29, 0.717) is 11.8 Å². The molecule has 2 atom stereocenters. The molecule has 0 aliphatic heterocycles. The molecule has 0 amide bonds. The summed E-state index contributed by atoms with van der Waals surface area (Å²) < 4.78 is 1.18. The van der Waals surface area contributed by atoms with Crippen LogP contribution in [-0.2, 0) is 0 Å². The van der Waals surface area contributed by atoms with Crippen molar-refractivity contribution >= 4 is 27.3 Å². The first-order valence-electron chi connectivity index (χ1n) is 4.95. The highest BCUT2D eigenvalue weighted by atomic mass is 79.9. The molecule has 0 spiro atoms. The molecule has 1 heterocycles. The van der Waals surface area contributed by atoms with Gasteiger partial charge in [-0.15, -0.1) is 11.3 Å². The number of hydrogen-bond acceptors (Lipinski definition) is 2. The third-order valence-electron chi connectivity index (χ3n) is 2.82. The van der Waals surface area contributed by atoms with Gasteiger partial charge in [-0.25, -0.2) is 0 Å². The maximum atomic E-state index is 6.21. The zero-order valence-electron chi connectivity index (χ0n) is 9.17. The van der Waals surface area contributed by atoms with E-state index in [-0.39, 0.29) is 6.04 Å². The Hall–Kier alpha value is 0.140. The summed E-state index contributed by atoms with van der Waals surface area (Å²) in [4.78, 5) is 2.60. The molecule has 0 aromatic carbocycles. The van der Waals surface area contributed by atoms with Crippen molar-refractivity contribution in [3.63, 3.8) is 0 Å². The van der Waals surface area contributed by atoms with E-state index >= 15 is 0 Å². The molecule has 1 rings (SSSR count). The largest absolute Gasteiger partial charge is 0.323 e. The second-order valence-corrected chi connectivity index (χ2v) is 6.32. The minimum Gasteiger partial charge on any atom is -0.323 e. The summed E-state index contributed by atoms with van der Waals surface area (Å²) in [6, 6.07) is 2.33. The van der Waals surface area contributed by atoms with Crippen LogP contribution in [0.3, 0.4) is 0 Å². The predicted octanol–water partition coefficient (Wildman–Crippen LogP) is 4.11. The average molecular weight is 276 g/mol. The Balaban J connectivity index is 2.83. The van der Waals surface area contributed by atoms with Crippen molar-refractivity contribution in [2.45, 2.75) is 33.7 Å². The van der Waals surface area contributed by atoms with E-state index in [1.54, 1.807) is 11.3 Å². The Labute approximate surface area is 98.8 Å². The fraction of sp³-hybridized carbons (Fsp3) is 0.636. The van der Waals surface area contributed by atoms with Crippen molar-refractivity contribution in [3.8, 4) is 0 Å². The Morgan fingerprint density at radius 1 is 1.36 bits per heavy atom. The van der Waals surface area contributed by atoms with Gasteiger partial charge in [0.25, 0.3) is 0 Å². The zero-order valence-corrected chi connectivity index (χ0v) is 11.6. The van der Waals surface area contributed by atoms with Gasteiger partial charge >= 0.3 is 0 Å². The molecule has 0 fully saturated rings. The lowest BCUT2D eigenvalue weighted by Gasteiger charge is -2.22. The van der Waals surface area contributed by atoms with Gasteiger partial charge in [-0.05, 0) is 40.8 Å². The third-order valence-corrected chi connectivity index (χ3v) is 5.06. The third kappa shape index (κ3) is 2.59. The van der Waals surface area contributed by atoms with Crippen LogP contribution in [0.15, 0.2) is 10.5 Å². The van der Waals surface area contributed by atoms with Gasteiger partial charge in [-0.3, -0.25) is 0 Å². The van der Waals surface area contributed by atoms with Crippen molar-refractivity contribution in [3.05, 3.63) is 20.3 Å². The SMILES string of the molecule is Cc1sc(C(N)C(C)C(C)C)cc1Br. The lowest BCUT2D eigenvalue weighted by Crippen LogP contribution is -2.22. The molecule has 1 aromatic rings. The number of halogens is 1. The number of hydrogen-bond donors (Lipinski definition) is 1. The van der Waals surface area contributed by atoms with E-state index in [1.165, 1.54) is 14.2 Å². The molecule has 0 aliphatic rings. The predicted molar refractivity (Wildman–Crippen MR) is 67.7 cm³/mol. The summed E-state index contributed by atoms with van der Waals surface area (Å²) in [6.45, 7) is 8.78. The van der Waals surface area contributed by atoms with Crippen LogP contribution in [0.2, 0.25) is 0 Å². The van der Waals surface area contributed by atoms with E-state index in [1.807, 2.05) is 0 Å². The lowest BCUT2D eigenvalue weighted by molar-refractivity contribution is 0.355. The first-order chi connectivity index (χ1) is 6.43. The summed E-state index contributed by atoms with van der Waals surface area (Å²) in [7, 11) is 0. The highest BCUT2D eigenvalue weighted by Crippen LogP contribution is 2.34. The van der Waals surface area contributed by atoms with Crippen molar-refractivity contribution < 1.29 is 0 Å². The number of nitrogens with two attached hydrogens (primary N) is 1. The van der Waals surface area contributed by atoms with Crippen LogP contribution >= 0.6 is 27.3 Å². The summed E-state index contributed by atoms with van der Waals surface area (Å²) >= 11 is 5.32. The Kier molecular flexibility index (Phi) is 4.16.